The van der Waals surface area contributed by atoms with E-state index in [-0.39, 0.29) is 90.6 Å². The second-order valence-electron chi connectivity index (χ2n) is 5.70. The SMILES string of the molecule is O.O.O.O=S(=O)([O-])c1ccc2c(N=Nc3cc(Cl)cc(S(=O)(=O)[O-])c3O)c(O)ccc2c1.[Cr].[Na+]. The first-order valence-corrected chi connectivity index (χ1v) is 10.7. The molecule has 3 aromatic rings. The van der Waals surface area contributed by atoms with Crippen molar-refractivity contribution >= 4 is 54.0 Å². The van der Waals surface area contributed by atoms with E-state index in [1.807, 2.05) is 0 Å². The summed E-state index contributed by atoms with van der Waals surface area (Å²) in [4.78, 5) is -1.48. The monoisotopic (exact) mass is 585 g/mol. The second kappa shape index (κ2) is 13.7. The van der Waals surface area contributed by atoms with Gasteiger partial charge in [0.25, 0.3) is 0 Å². The van der Waals surface area contributed by atoms with E-state index >= 15 is 0 Å². The number of halogens is 1. The minimum Gasteiger partial charge on any atom is -0.744 e. The van der Waals surface area contributed by atoms with Crippen LogP contribution in [0.1, 0.15) is 0 Å². The van der Waals surface area contributed by atoms with E-state index in [4.69, 9.17) is 11.6 Å². The molecule has 0 unspecified atom stereocenters. The first-order chi connectivity index (χ1) is 13.4. The van der Waals surface area contributed by atoms with E-state index in [0.717, 1.165) is 24.3 Å². The summed E-state index contributed by atoms with van der Waals surface area (Å²) in [7, 11) is -9.75. The first kappa shape index (κ1) is 37.2. The van der Waals surface area contributed by atoms with Crippen LogP contribution in [-0.4, -0.2) is 52.6 Å². The van der Waals surface area contributed by atoms with Crippen molar-refractivity contribution in [3.05, 3.63) is 47.5 Å². The Balaban J connectivity index is -0.00000192. The molecule has 34 heavy (non-hydrogen) atoms. The van der Waals surface area contributed by atoms with Crippen LogP contribution >= 0.6 is 11.6 Å². The maximum atomic E-state index is 11.2. The first-order valence-electron chi connectivity index (χ1n) is 7.50. The Hall–Kier alpha value is -1.36. The number of nitrogens with zero attached hydrogens (tertiary/aromatic N) is 2. The predicted molar refractivity (Wildman–Crippen MR) is 110 cm³/mol. The van der Waals surface area contributed by atoms with Crippen molar-refractivity contribution in [1.82, 2.24) is 0 Å². The Morgan fingerprint density at radius 3 is 1.94 bits per heavy atom. The smallest absolute Gasteiger partial charge is 0.744 e. The summed E-state index contributed by atoms with van der Waals surface area (Å²) in [6, 6.07) is 7.62. The summed E-state index contributed by atoms with van der Waals surface area (Å²) in [6.45, 7) is 0. The number of hydrogen-bond acceptors (Lipinski definition) is 10. The second-order valence-corrected chi connectivity index (χ2v) is 8.86. The van der Waals surface area contributed by atoms with Gasteiger partial charge >= 0.3 is 29.6 Å². The van der Waals surface area contributed by atoms with Crippen LogP contribution < -0.4 is 29.6 Å². The van der Waals surface area contributed by atoms with E-state index < -0.39 is 41.5 Å². The molecule has 0 heterocycles. The van der Waals surface area contributed by atoms with E-state index in [1.54, 1.807) is 0 Å². The molecule has 18 heteroatoms. The minimum absolute atomic E-state index is 0. The zero-order valence-electron chi connectivity index (χ0n) is 16.9. The third kappa shape index (κ3) is 8.10. The van der Waals surface area contributed by atoms with E-state index in [9.17, 15) is 36.2 Å². The van der Waals surface area contributed by atoms with Crippen molar-refractivity contribution in [2.75, 3.05) is 0 Å². The quantitative estimate of drug-likeness (QED) is 0.189. The Labute approximate surface area is 230 Å². The van der Waals surface area contributed by atoms with Crippen LogP contribution in [0, 0.1) is 0 Å². The number of aromatic hydroxyl groups is 2. The van der Waals surface area contributed by atoms with Gasteiger partial charge in [-0.2, -0.15) is 0 Å². The number of hydrogen-bond donors (Lipinski definition) is 2. The Morgan fingerprint density at radius 2 is 1.41 bits per heavy atom. The fourth-order valence-electron chi connectivity index (χ4n) is 2.47. The summed E-state index contributed by atoms with van der Waals surface area (Å²) >= 11 is 5.74. The molecular weight excluding hydrogens is 571 g/mol. The number of rotatable bonds is 4. The fourth-order valence-corrected chi connectivity index (χ4v) is 3.87. The minimum atomic E-state index is -5.05. The van der Waals surface area contributed by atoms with Crippen LogP contribution in [0.15, 0.2) is 62.5 Å². The van der Waals surface area contributed by atoms with Crippen LogP contribution in [0.5, 0.6) is 11.5 Å². The normalized spacial score (nSPS) is 10.8. The summed E-state index contributed by atoms with van der Waals surface area (Å²) in [5.74, 6) is -1.36. The molecule has 0 aliphatic carbocycles. The molecule has 0 aromatic heterocycles. The van der Waals surface area contributed by atoms with Crippen LogP contribution in [0.4, 0.5) is 11.4 Å². The van der Waals surface area contributed by atoms with Crippen molar-refractivity contribution in [2.24, 2.45) is 10.2 Å². The van der Waals surface area contributed by atoms with Gasteiger partial charge in [0, 0.05) is 27.8 Å². The number of phenolic OH excluding ortho intramolecular Hbond substituents is 2. The van der Waals surface area contributed by atoms with Gasteiger partial charge in [0.05, 0.1) is 9.79 Å². The van der Waals surface area contributed by atoms with Gasteiger partial charge in [0.15, 0.2) is 5.75 Å². The van der Waals surface area contributed by atoms with Gasteiger partial charge in [0.1, 0.15) is 37.4 Å². The van der Waals surface area contributed by atoms with E-state index in [0.29, 0.717) is 0 Å². The van der Waals surface area contributed by atoms with Gasteiger partial charge in [-0.3, -0.25) is 0 Å². The Morgan fingerprint density at radius 1 is 0.824 bits per heavy atom. The molecule has 0 aliphatic heterocycles. The van der Waals surface area contributed by atoms with Crippen LogP contribution in [-0.2, 0) is 37.6 Å². The van der Waals surface area contributed by atoms with Crippen LogP contribution in [0.25, 0.3) is 10.8 Å². The number of azo groups is 1. The molecule has 0 saturated carbocycles. The molecule has 182 valence electrons. The molecule has 0 bridgehead atoms. The van der Waals surface area contributed by atoms with Crippen LogP contribution in [0.3, 0.4) is 0 Å². The van der Waals surface area contributed by atoms with E-state index in [1.165, 1.54) is 18.2 Å². The van der Waals surface area contributed by atoms with Gasteiger partial charge in [-0.25, -0.2) is 16.8 Å². The predicted octanol–water partition coefficient (Wildman–Crippen LogP) is -2.34. The number of benzene rings is 3. The third-order valence-electron chi connectivity index (χ3n) is 3.78. The number of fused-ring (bicyclic) bond motifs is 1. The van der Waals surface area contributed by atoms with Gasteiger partial charge in [-0.1, -0.05) is 23.7 Å². The van der Waals surface area contributed by atoms with Crippen molar-refractivity contribution in [1.29, 1.82) is 0 Å². The van der Waals surface area contributed by atoms with E-state index in [2.05, 4.69) is 10.2 Å². The summed E-state index contributed by atoms with van der Waals surface area (Å²) < 4.78 is 67.1. The number of phenols is 2. The van der Waals surface area contributed by atoms with Crippen molar-refractivity contribution in [3.63, 3.8) is 0 Å². The molecule has 0 radical (unpaired) electrons. The maximum absolute atomic E-state index is 11.2. The third-order valence-corrected chi connectivity index (χ3v) is 5.68. The fraction of sp³-hybridized carbons (Fsp3) is 0. The summed E-state index contributed by atoms with van der Waals surface area (Å²) in [5.41, 5.74) is -0.620. The molecule has 3 aromatic carbocycles. The zero-order chi connectivity index (χ0) is 21.6. The van der Waals surface area contributed by atoms with Gasteiger partial charge in [-0.05, 0) is 35.7 Å². The Bertz CT molecular complexity index is 1400. The zero-order valence-corrected chi connectivity index (χ0v) is 22.5. The van der Waals surface area contributed by atoms with Gasteiger partial charge < -0.3 is 35.7 Å². The molecule has 3 rings (SSSR count). The molecular formula is C16H15ClCrN2NaO11S2-. The average Bonchev–Trinajstić information content (AvgIpc) is 2.61. The largest absolute Gasteiger partial charge is 1.00 e. The standard InChI is InChI=1S/C16H11ClN2O8S2.Cr.Na.3H2O/c17-9-6-12(16(21)14(7-9)29(25,26)27)18-19-15-11-3-2-10(28(22,23)24)5-8(11)1-4-13(15)20;;;;;/h1-7,20-21H,(H,22,23,24)(H,25,26,27);;;3*1H2/q;;+1;;;/p-2. The van der Waals surface area contributed by atoms with Crippen molar-refractivity contribution in [3.8, 4) is 11.5 Å². The Kier molecular flexibility index (Phi) is 14.9. The average molecular weight is 586 g/mol. The molecule has 0 atom stereocenters. The molecule has 0 spiro atoms. The summed E-state index contributed by atoms with van der Waals surface area (Å²) in [6.07, 6.45) is 0. The molecule has 0 amide bonds. The maximum Gasteiger partial charge on any atom is 1.00 e. The van der Waals surface area contributed by atoms with Gasteiger partial charge in [-0.15, -0.1) is 10.2 Å². The topological polar surface area (TPSA) is 274 Å². The molecule has 0 aliphatic rings. The van der Waals surface area contributed by atoms with Crippen molar-refractivity contribution < 1.29 is 99.5 Å². The molecule has 0 fully saturated rings. The van der Waals surface area contributed by atoms with Crippen LogP contribution in [0.2, 0.25) is 5.02 Å². The molecule has 8 N–H and O–H groups in total. The molecule has 13 nitrogen and oxygen atoms in total. The van der Waals surface area contributed by atoms with Crippen molar-refractivity contribution in [2.45, 2.75) is 9.79 Å². The van der Waals surface area contributed by atoms with Gasteiger partial charge in [0.2, 0.25) is 0 Å². The molecule has 0 saturated heterocycles. The summed E-state index contributed by atoms with van der Waals surface area (Å²) in [5, 5.41) is 27.7.